The van der Waals surface area contributed by atoms with Crippen molar-refractivity contribution in [3.05, 3.63) is 68.1 Å². The van der Waals surface area contributed by atoms with Crippen LogP contribution in [0.15, 0.2) is 51.4 Å². The maximum atomic E-state index is 12.5. The molecule has 3 heteroatoms. The van der Waals surface area contributed by atoms with Gasteiger partial charge in [0.15, 0.2) is 5.78 Å². The van der Waals surface area contributed by atoms with E-state index in [1.165, 1.54) is 11.1 Å². The summed E-state index contributed by atoms with van der Waals surface area (Å²) in [6, 6.07) is 14.5. The van der Waals surface area contributed by atoms with Gasteiger partial charge in [-0.05, 0) is 53.6 Å². The van der Waals surface area contributed by atoms with Crippen LogP contribution in [0.1, 0.15) is 34.8 Å². The molecule has 0 aliphatic heterocycles. The molecule has 1 unspecified atom stereocenters. The van der Waals surface area contributed by atoms with Gasteiger partial charge in [0.1, 0.15) is 0 Å². The molecular formula is C18H16Br2O. The summed E-state index contributed by atoms with van der Waals surface area (Å²) in [4.78, 5) is 12.5. The summed E-state index contributed by atoms with van der Waals surface area (Å²) < 4.78 is 2.07. The Labute approximate surface area is 142 Å². The molecule has 0 heterocycles. The van der Waals surface area contributed by atoms with Gasteiger partial charge >= 0.3 is 0 Å². The molecule has 0 saturated heterocycles. The number of Topliss-reactive ketones (excluding diaryl/α,β-unsaturated/α-hetero) is 1. The van der Waals surface area contributed by atoms with E-state index < -0.39 is 0 Å². The van der Waals surface area contributed by atoms with Gasteiger partial charge in [0.25, 0.3) is 0 Å². The Morgan fingerprint density at radius 3 is 2.38 bits per heavy atom. The Kier molecular flexibility index (Phi) is 4.06. The molecule has 1 atom stereocenters. The van der Waals surface area contributed by atoms with Gasteiger partial charge in [-0.3, -0.25) is 4.79 Å². The number of ketones is 1. The normalized spacial score (nSPS) is 21.2. The van der Waals surface area contributed by atoms with Crippen molar-refractivity contribution in [3.8, 4) is 0 Å². The van der Waals surface area contributed by atoms with E-state index in [-0.39, 0.29) is 11.2 Å². The number of halogens is 2. The molecule has 0 saturated carbocycles. The minimum absolute atomic E-state index is 0.00570. The van der Waals surface area contributed by atoms with Gasteiger partial charge in [-0.25, -0.2) is 0 Å². The number of rotatable bonds is 2. The number of hydrogen-bond acceptors (Lipinski definition) is 1. The first-order valence-electron chi connectivity index (χ1n) is 7.01. The molecule has 0 bridgehead atoms. The summed E-state index contributed by atoms with van der Waals surface area (Å²) in [7, 11) is 0. The third-order valence-corrected chi connectivity index (χ3v) is 5.14. The summed E-state index contributed by atoms with van der Waals surface area (Å²) >= 11 is 6.91. The van der Waals surface area contributed by atoms with Crippen molar-refractivity contribution < 1.29 is 4.79 Å². The predicted molar refractivity (Wildman–Crippen MR) is 92.7 cm³/mol. The number of hydrogen-bond donors (Lipinski definition) is 0. The second-order valence-corrected chi connectivity index (χ2v) is 8.02. The summed E-state index contributed by atoms with van der Waals surface area (Å²) in [6.07, 6.45) is 2.51. The molecule has 2 aromatic carbocycles. The van der Waals surface area contributed by atoms with E-state index in [0.717, 1.165) is 27.4 Å². The molecular weight excluding hydrogens is 392 g/mol. The highest BCUT2D eigenvalue weighted by Crippen LogP contribution is 2.38. The van der Waals surface area contributed by atoms with Gasteiger partial charge in [0.05, 0.1) is 0 Å². The number of carbonyl (C=O) groups excluding carboxylic acids is 1. The highest BCUT2D eigenvalue weighted by atomic mass is 79.9. The summed E-state index contributed by atoms with van der Waals surface area (Å²) in [5.41, 5.74) is 3.35. The third kappa shape index (κ3) is 3.29. The highest BCUT2D eigenvalue weighted by molar-refractivity contribution is 9.10. The Morgan fingerprint density at radius 2 is 1.67 bits per heavy atom. The van der Waals surface area contributed by atoms with Gasteiger partial charge in [-0.15, -0.1) is 0 Å². The first kappa shape index (κ1) is 15.0. The number of fused-ring (bicyclic) bond motifs is 1. The Morgan fingerprint density at radius 1 is 1.00 bits per heavy atom. The van der Waals surface area contributed by atoms with Crippen molar-refractivity contribution in [2.24, 2.45) is 5.41 Å². The lowest BCUT2D eigenvalue weighted by atomic mass is 9.69. The van der Waals surface area contributed by atoms with E-state index in [4.69, 9.17) is 0 Å². The van der Waals surface area contributed by atoms with E-state index in [2.05, 4.69) is 69.1 Å². The smallest absolute Gasteiger partial charge is 0.163 e. The van der Waals surface area contributed by atoms with Gasteiger partial charge in [-0.2, -0.15) is 0 Å². The molecule has 0 aromatic heterocycles. The van der Waals surface area contributed by atoms with E-state index in [9.17, 15) is 4.79 Å². The van der Waals surface area contributed by atoms with Crippen LogP contribution in [0.2, 0.25) is 0 Å². The first-order valence-corrected chi connectivity index (χ1v) is 8.60. The van der Waals surface area contributed by atoms with Crippen LogP contribution in [0.3, 0.4) is 0 Å². The van der Waals surface area contributed by atoms with Crippen LogP contribution in [0, 0.1) is 5.41 Å². The molecule has 2 aromatic rings. The zero-order valence-electron chi connectivity index (χ0n) is 11.8. The van der Waals surface area contributed by atoms with Crippen LogP contribution in [0.5, 0.6) is 0 Å². The summed E-state index contributed by atoms with van der Waals surface area (Å²) in [6.45, 7) is 2.22. The fraction of sp³-hybridized carbons (Fsp3) is 0.278. The quantitative estimate of drug-likeness (QED) is 0.634. The molecule has 108 valence electrons. The van der Waals surface area contributed by atoms with Crippen molar-refractivity contribution in [1.29, 1.82) is 0 Å². The average Bonchev–Trinajstić information content (AvgIpc) is 2.42. The highest BCUT2D eigenvalue weighted by Gasteiger charge is 2.34. The fourth-order valence-corrected chi connectivity index (χ4v) is 3.81. The Balaban J connectivity index is 1.88. The van der Waals surface area contributed by atoms with Crippen molar-refractivity contribution in [3.63, 3.8) is 0 Å². The molecule has 3 rings (SSSR count). The predicted octanol–water partition coefficient (Wildman–Crippen LogP) is 5.59. The monoisotopic (exact) mass is 406 g/mol. The Bertz CT molecular complexity index is 691. The molecule has 0 amide bonds. The Hall–Kier alpha value is -0.930. The van der Waals surface area contributed by atoms with E-state index in [1.54, 1.807) is 0 Å². The summed E-state index contributed by atoms with van der Waals surface area (Å²) in [5.74, 6) is 0.261. The largest absolute Gasteiger partial charge is 0.294 e. The molecule has 21 heavy (non-hydrogen) atoms. The lowest BCUT2D eigenvalue weighted by Gasteiger charge is -2.34. The first-order chi connectivity index (χ1) is 9.95. The van der Waals surface area contributed by atoms with Gasteiger partial charge in [0.2, 0.25) is 0 Å². The molecule has 1 aliphatic carbocycles. The maximum Gasteiger partial charge on any atom is 0.163 e. The second kappa shape index (κ2) is 5.69. The van der Waals surface area contributed by atoms with Crippen LogP contribution in [-0.4, -0.2) is 5.78 Å². The zero-order chi connectivity index (χ0) is 15.0. The van der Waals surface area contributed by atoms with E-state index >= 15 is 0 Å². The molecule has 0 N–H and O–H groups in total. The van der Waals surface area contributed by atoms with Crippen LogP contribution >= 0.6 is 31.9 Å². The third-order valence-electron chi connectivity index (χ3n) is 4.12. The standard InChI is InChI=1S/C18H16Br2O/c1-18(9-12-2-5-14(19)6-3-12)10-13-4-7-15(20)8-16(13)17(21)11-18/h2-8H,9-11H2,1H3. The van der Waals surface area contributed by atoms with Gasteiger partial charge < -0.3 is 0 Å². The van der Waals surface area contributed by atoms with E-state index in [1.807, 2.05) is 12.1 Å². The minimum Gasteiger partial charge on any atom is -0.294 e. The zero-order valence-corrected chi connectivity index (χ0v) is 15.0. The number of carbonyl (C=O) groups is 1. The maximum absolute atomic E-state index is 12.5. The fourth-order valence-electron chi connectivity index (χ4n) is 3.19. The van der Waals surface area contributed by atoms with Crippen LogP contribution < -0.4 is 0 Å². The van der Waals surface area contributed by atoms with Crippen LogP contribution in [0.4, 0.5) is 0 Å². The molecule has 0 fully saturated rings. The van der Waals surface area contributed by atoms with Crippen molar-refractivity contribution in [2.75, 3.05) is 0 Å². The van der Waals surface area contributed by atoms with Crippen molar-refractivity contribution in [1.82, 2.24) is 0 Å². The molecule has 1 nitrogen and oxygen atoms in total. The molecule has 0 spiro atoms. The number of benzene rings is 2. The van der Waals surface area contributed by atoms with Gasteiger partial charge in [0, 0.05) is 20.9 Å². The van der Waals surface area contributed by atoms with Crippen molar-refractivity contribution >= 4 is 37.6 Å². The molecule has 1 aliphatic rings. The minimum atomic E-state index is 0.00570. The average molecular weight is 408 g/mol. The SMILES string of the molecule is CC1(Cc2ccc(Br)cc2)CC(=O)c2cc(Br)ccc2C1. The lowest BCUT2D eigenvalue weighted by Crippen LogP contribution is -2.31. The van der Waals surface area contributed by atoms with Gasteiger partial charge in [-0.1, -0.05) is 57.0 Å². The summed E-state index contributed by atoms with van der Waals surface area (Å²) in [5, 5.41) is 0. The topological polar surface area (TPSA) is 17.1 Å². The van der Waals surface area contributed by atoms with Crippen LogP contribution in [-0.2, 0) is 12.8 Å². The van der Waals surface area contributed by atoms with Crippen LogP contribution in [0.25, 0.3) is 0 Å². The molecule has 0 radical (unpaired) electrons. The lowest BCUT2D eigenvalue weighted by molar-refractivity contribution is 0.0899. The van der Waals surface area contributed by atoms with E-state index in [0.29, 0.717) is 6.42 Å². The second-order valence-electron chi connectivity index (χ2n) is 6.19. The van der Waals surface area contributed by atoms with Crippen molar-refractivity contribution in [2.45, 2.75) is 26.2 Å².